The van der Waals surface area contributed by atoms with Crippen molar-refractivity contribution in [3.05, 3.63) is 16.1 Å². The molecular formula is C12H19Cl2N3O. The van der Waals surface area contributed by atoms with Crippen LogP contribution in [-0.4, -0.2) is 29.3 Å². The first-order valence-electron chi connectivity index (χ1n) is 6.05. The Hall–Kier alpha value is -0.710. The van der Waals surface area contributed by atoms with Gasteiger partial charge in [0.25, 0.3) is 0 Å². The smallest absolute Gasteiger partial charge is 0.147 e. The topological polar surface area (TPSA) is 57.2 Å². The number of aliphatic hydroxyl groups is 1. The minimum atomic E-state index is 0.0974. The van der Waals surface area contributed by atoms with E-state index in [9.17, 15) is 0 Å². The summed E-state index contributed by atoms with van der Waals surface area (Å²) in [6.07, 6.45) is 1.63. The number of halogens is 2. The average molecular weight is 292 g/mol. The summed E-state index contributed by atoms with van der Waals surface area (Å²) in [5.74, 6) is 1.21. The summed E-state index contributed by atoms with van der Waals surface area (Å²) in [6.45, 7) is 4.96. The second-order valence-corrected chi connectivity index (χ2v) is 4.95. The Bertz CT molecular complexity index is 388. The molecule has 102 valence electrons. The minimum Gasteiger partial charge on any atom is -0.396 e. The molecular weight excluding hydrogens is 273 g/mol. The van der Waals surface area contributed by atoms with E-state index in [4.69, 9.17) is 28.3 Å². The molecule has 1 aromatic rings. The highest BCUT2D eigenvalue weighted by Gasteiger charge is 2.11. The minimum absolute atomic E-state index is 0.0974. The van der Waals surface area contributed by atoms with Crippen molar-refractivity contribution in [2.45, 2.75) is 32.7 Å². The summed E-state index contributed by atoms with van der Waals surface area (Å²) in [5.41, 5.74) is 0. The van der Waals surface area contributed by atoms with Crippen LogP contribution in [0.5, 0.6) is 0 Å². The van der Waals surface area contributed by atoms with E-state index in [-0.39, 0.29) is 12.6 Å². The van der Waals surface area contributed by atoms with Crippen LogP contribution in [0.25, 0.3) is 0 Å². The van der Waals surface area contributed by atoms with Crippen molar-refractivity contribution < 1.29 is 5.11 Å². The van der Waals surface area contributed by atoms with Gasteiger partial charge in [0.05, 0.1) is 10.0 Å². The van der Waals surface area contributed by atoms with E-state index in [1.165, 1.54) is 0 Å². The maximum absolute atomic E-state index is 8.87. The molecule has 1 heterocycles. The van der Waals surface area contributed by atoms with Crippen molar-refractivity contribution >= 4 is 34.8 Å². The molecule has 6 heteroatoms. The Balaban J connectivity index is 2.83. The molecule has 1 unspecified atom stereocenters. The molecule has 0 amide bonds. The van der Waals surface area contributed by atoms with Gasteiger partial charge in [0.15, 0.2) is 0 Å². The number of rotatable bonds is 7. The summed E-state index contributed by atoms with van der Waals surface area (Å²) in [4.78, 5) is 4.36. The molecule has 0 radical (unpaired) electrons. The second-order valence-electron chi connectivity index (χ2n) is 4.13. The Morgan fingerprint density at radius 3 is 2.61 bits per heavy atom. The van der Waals surface area contributed by atoms with Crippen LogP contribution in [-0.2, 0) is 0 Å². The Labute approximate surface area is 118 Å². The molecule has 0 aromatic carbocycles. The van der Waals surface area contributed by atoms with Gasteiger partial charge in [-0.15, -0.1) is 0 Å². The first-order chi connectivity index (χ1) is 8.58. The van der Waals surface area contributed by atoms with Crippen LogP contribution in [0, 0.1) is 0 Å². The third kappa shape index (κ3) is 4.52. The summed E-state index contributed by atoms with van der Waals surface area (Å²) in [5, 5.41) is 16.2. The van der Waals surface area contributed by atoms with Crippen molar-refractivity contribution in [1.82, 2.24) is 4.98 Å². The predicted octanol–water partition coefficient (Wildman–Crippen LogP) is 3.39. The average Bonchev–Trinajstić information content (AvgIpc) is 2.31. The number of pyridine rings is 1. The maximum atomic E-state index is 8.87. The van der Waals surface area contributed by atoms with Gasteiger partial charge in [0.2, 0.25) is 0 Å². The highest BCUT2D eigenvalue weighted by atomic mass is 35.5. The van der Waals surface area contributed by atoms with E-state index >= 15 is 0 Å². The summed E-state index contributed by atoms with van der Waals surface area (Å²) in [7, 11) is 0. The number of nitrogens with zero attached hydrogens (tertiary/aromatic N) is 1. The molecule has 0 fully saturated rings. The van der Waals surface area contributed by atoms with Gasteiger partial charge in [0.1, 0.15) is 11.6 Å². The van der Waals surface area contributed by atoms with Gasteiger partial charge in [-0.2, -0.15) is 0 Å². The first kappa shape index (κ1) is 15.3. The van der Waals surface area contributed by atoms with Crippen molar-refractivity contribution in [3.63, 3.8) is 0 Å². The number of nitrogens with one attached hydrogen (secondary N) is 2. The van der Waals surface area contributed by atoms with Gasteiger partial charge in [-0.05, 0) is 25.8 Å². The lowest BCUT2D eigenvalue weighted by atomic mass is 10.2. The molecule has 18 heavy (non-hydrogen) atoms. The molecule has 0 aliphatic rings. The SMILES string of the molecule is CCCNc1nc(NC(C)CCO)c(Cl)cc1Cl. The van der Waals surface area contributed by atoms with Gasteiger partial charge in [-0.25, -0.2) is 4.98 Å². The van der Waals surface area contributed by atoms with Gasteiger partial charge < -0.3 is 15.7 Å². The molecule has 1 aromatic heterocycles. The van der Waals surface area contributed by atoms with Crippen LogP contribution >= 0.6 is 23.2 Å². The van der Waals surface area contributed by atoms with E-state index in [1.807, 2.05) is 6.92 Å². The van der Waals surface area contributed by atoms with Gasteiger partial charge in [-0.3, -0.25) is 0 Å². The van der Waals surface area contributed by atoms with Crippen molar-refractivity contribution in [1.29, 1.82) is 0 Å². The van der Waals surface area contributed by atoms with Crippen LogP contribution in [0.4, 0.5) is 11.6 Å². The Morgan fingerprint density at radius 1 is 1.33 bits per heavy atom. The van der Waals surface area contributed by atoms with Crippen molar-refractivity contribution in [3.8, 4) is 0 Å². The van der Waals surface area contributed by atoms with E-state index < -0.39 is 0 Å². The highest BCUT2D eigenvalue weighted by Crippen LogP contribution is 2.29. The number of anilines is 2. The molecule has 1 rings (SSSR count). The van der Waals surface area contributed by atoms with Crippen LogP contribution in [0.2, 0.25) is 10.0 Å². The normalized spacial score (nSPS) is 12.3. The fourth-order valence-electron chi connectivity index (χ4n) is 1.43. The monoisotopic (exact) mass is 291 g/mol. The molecule has 0 aliphatic carbocycles. The predicted molar refractivity (Wildman–Crippen MR) is 77.8 cm³/mol. The lowest BCUT2D eigenvalue weighted by molar-refractivity contribution is 0.282. The van der Waals surface area contributed by atoms with E-state index in [1.54, 1.807) is 6.07 Å². The number of hydrogen-bond donors (Lipinski definition) is 3. The Morgan fingerprint density at radius 2 is 2.00 bits per heavy atom. The second kappa shape index (κ2) is 7.67. The molecule has 0 saturated heterocycles. The van der Waals surface area contributed by atoms with E-state index in [0.717, 1.165) is 13.0 Å². The Kier molecular flexibility index (Phi) is 6.54. The zero-order chi connectivity index (χ0) is 13.5. The fourth-order valence-corrected chi connectivity index (χ4v) is 1.91. The highest BCUT2D eigenvalue weighted by molar-refractivity contribution is 6.37. The fraction of sp³-hybridized carbons (Fsp3) is 0.583. The zero-order valence-corrected chi connectivity index (χ0v) is 12.1. The quantitative estimate of drug-likeness (QED) is 0.721. The van der Waals surface area contributed by atoms with Crippen molar-refractivity contribution in [2.75, 3.05) is 23.8 Å². The van der Waals surface area contributed by atoms with E-state index in [0.29, 0.717) is 28.1 Å². The molecule has 1 atom stereocenters. The lowest BCUT2D eigenvalue weighted by Crippen LogP contribution is -2.18. The third-order valence-electron chi connectivity index (χ3n) is 2.42. The number of hydrogen-bond acceptors (Lipinski definition) is 4. The van der Waals surface area contributed by atoms with Crippen LogP contribution in [0.1, 0.15) is 26.7 Å². The van der Waals surface area contributed by atoms with Gasteiger partial charge >= 0.3 is 0 Å². The molecule has 4 nitrogen and oxygen atoms in total. The maximum Gasteiger partial charge on any atom is 0.147 e. The largest absolute Gasteiger partial charge is 0.396 e. The molecule has 3 N–H and O–H groups in total. The summed E-state index contributed by atoms with van der Waals surface area (Å²) >= 11 is 12.1. The van der Waals surface area contributed by atoms with Gasteiger partial charge in [-0.1, -0.05) is 30.1 Å². The first-order valence-corrected chi connectivity index (χ1v) is 6.81. The van der Waals surface area contributed by atoms with Crippen LogP contribution < -0.4 is 10.6 Å². The standard InChI is InChI=1S/C12H19Cl2N3O/c1-3-5-15-11-9(13)7-10(14)12(17-11)16-8(2)4-6-18/h7-8,18H,3-6H2,1-2H3,(H2,15,16,17). The lowest BCUT2D eigenvalue weighted by Gasteiger charge is -2.16. The molecule has 0 bridgehead atoms. The third-order valence-corrected chi connectivity index (χ3v) is 2.99. The summed E-state index contributed by atoms with van der Waals surface area (Å²) < 4.78 is 0. The van der Waals surface area contributed by atoms with Crippen molar-refractivity contribution in [2.24, 2.45) is 0 Å². The molecule has 0 aliphatic heterocycles. The molecule has 0 saturated carbocycles. The van der Waals surface area contributed by atoms with Crippen LogP contribution in [0.15, 0.2) is 6.07 Å². The zero-order valence-electron chi connectivity index (χ0n) is 10.6. The molecule has 0 spiro atoms. The van der Waals surface area contributed by atoms with Crippen LogP contribution in [0.3, 0.4) is 0 Å². The van der Waals surface area contributed by atoms with Gasteiger partial charge in [0, 0.05) is 19.2 Å². The number of aromatic nitrogens is 1. The van der Waals surface area contributed by atoms with E-state index in [2.05, 4.69) is 22.5 Å². The summed E-state index contributed by atoms with van der Waals surface area (Å²) in [6, 6.07) is 1.77. The number of aliphatic hydroxyl groups excluding tert-OH is 1.